The van der Waals surface area contributed by atoms with Crippen molar-refractivity contribution in [3.63, 3.8) is 0 Å². The van der Waals surface area contributed by atoms with Crippen LogP contribution in [0.2, 0.25) is 5.02 Å². The summed E-state index contributed by atoms with van der Waals surface area (Å²) >= 11 is 5.97. The van der Waals surface area contributed by atoms with Crippen molar-refractivity contribution < 1.29 is 22.4 Å². The van der Waals surface area contributed by atoms with Crippen molar-refractivity contribution in [1.29, 1.82) is 0 Å². The minimum atomic E-state index is -4.82. The Balaban J connectivity index is 1.65. The van der Waals surface area contributed by atoms with Gasteiger partial charge in [0, 0.05) is 32.4 Å². The van der Waals surface area contributed by atoms with Gasteiger partial charge in [-0.05, 0) is 37.1 Å². The van der Waals surface area contributed by atoms with Gasteiger partial charge in [-0.1, -0.05) is 11.6 Å². The number of alkyl halides is 3. The highest BCUT2D eigenvalue weighted by molar-refractivity contribution is 6.31. The average Bonchev–Trinajstić information content (AvgIpc) is 2.77. The van der Waals surface area contributed by atoms with Gasteiger partial charge < -0.3 is 9.47 Å². The summed E-state index contributed by atoms with van der Waals surface area (Å²) in [5.74, 6) is -1.91. The molecule has 0 unspecified atom stereocenters. The first-order valence-electron chi connectivity index (χ1n) is 9.92. The van der Waals surface area contributed by atoms with Gasteiger partial charge in [0.25, 0.3) is 5.91 Å². The maximum Gasteiger partial charge on any atom is 0.417 e. The van der Waals surface area contributed by atoms with Crippen molar-refractivity contribution in [1.82, 2.24) is 19.0 Å². The maximum atomic E-state index is 13.6. The number of carbonyl (C=O) groups excluding carboxylic acids is 1. The highest BCUT2D eigenvalue weighted by atomic mass is 35.5. The third-order valence-corrected chi connectivity index (χ3v) is 5.95. The first kappa shape index (κ1) is 23.0. The Morgan fingerprint density at radius 1 is 1.12 bits per heavy atom. The highest BCUT2D eigenvalue weighted by Crippen LogP contribution is 2.34. The monoisotopic (exact) mass is 484 g/mol. The molecule has 2 aromatic heterocycles. The number of likely N-dealkylation sites (tertiary alicyclic amines) is 1. The number of piperidine rings is 1. The van der Waals surface area contributed by atoms with Gasteiger partial charge in [0.1, 0.15) is 5.82 Å². The second-order valence-electron chi connectivity index (χ2n) is 7.75. The van der Waals surface area contributed by atoms with E-state index >= 15 is 0 Å². The molecule has 33 heavy (non-hydrogen) atoms. The molecule has 12 heteroatoms. The van der Waals surface area contributed by atoms with Gasteiger partial charge in [0.05, 0.1) is 21.7 Å². The lowest BCUT2D eigenvalue weighted by molar-refractivity contribution is -0.138. The number of carbonyl (C=O) groups is 1. The Kier molecular flexibility index (Phi) is 5.77. The standard InChI is InChI=1S/C21H17ClF4N4O3/c1-28-16-8-11(22)10-27-17(16)30(20(33)19(28)32)13-4-6-29(7-5-13)18(31)14-9-12(23)2-3-15(14)21(24,25)26/h2-3,8-10,13H,4-7H2,1H3. The van der Waals surface area contributed by atoms with Gasteiger partial charge in [0.15, 0.2) is 5.65 Å². The lowest BCUT2D eigenvalue weighted by atomic mass is 10.0. The molecule has 174 valence electrons. The Hall–Kier alpha value is -3.21. The third-order valence-electron chi connectivity index (χ3n) is 5.74. The SMILES string of the molecule is Cn1c(=O)c(=O)n(C2CCN(C(=O)c3cc(F)ccc3C(F)(F)F)CC2)c2ncc(Cl)cc21. The Morgan fingerprint density at radius 3 is 2.42 bits per heavy atom. The minimum absolute atomic E-state index is 0.00798. The zero-order chi connectivity index (χ0) is 24.1. The van der Waals surface area contributed by atoms with Crippen LogP contribution in [0.15, 0.2) is 40.1 Å². The maximum absolute atomic E-state index is 13.6. The van der Waals surface area contributed by atoms with Crippen LogP contribution in [0, 0.1) is 5.82 Å². The van der Waals surface area contributed by atoms with E-state index in [9.17, 15) is 31.9 Å². The van der Waals surface area contributed by atoms with Crippen LogP contribution >= 0.6 is 11.6 Å². The predicted molar refractivity (Wildman–Crippen MR) is 112 cm³/mol. The molecule has 1 aliphatic heterocycles. The van der Waals surface area contributed by atoms with E-state index in [4.69, 9.17) is 11.6 Å². The lowest BCUT2D eigenvalue weighted by Gasteiger charge is -2.33. The number of rotatable bonds is 2. The van der Waals surface area contributed by atoms with Crippen LogP contribution in [0.3, 0.4) is 0 Å². The van der Waals surface area contributed by atoms with E-state index in [0.29, 0.717) is 23.7 Å². The summed E-state index contributed by atoms with van der Waals surface area (Å²) in [6.45, 7) is 0.0160. The molecule has 1 aromatic carbocycles. The molecule has 3 aromatic rings. The van der Waals surface area contributed by atoms with Crippen molar-refractivity contribution >= 4 is 28.7 Å². The molecule has 1 amide bonds. The van der Waals surface area contributed by atoms with E-state index in [2.05, 4.69) is 4.98 Å². The van der Waals surface area contributed by atoms with E-state index in [-0.39, 0.29) is 36.6 Å². The fourth-order valence-corrected chi connectivity index (χ4v) is 4.23. The molecule has 0 spiro atoms. The summed E-state index contributed by atoms with van der Waals surface area (Å²) in [6, 6.07) is 2.75. The number of benzene rings is 1. The molecule has 4 rings (SSSR count). The summed E-state index contributed by atoms with van der Waals surface area (Å²) in [4.78, 5) is 43.3. The number of pyridine rings is 1. The van der Waals surface area contributed by atoms with Crippen LogP contribution in [0.4, 0.5) is 17.6 Å². The smallest absolute Gasteiger partial charge is 0.338 e. The summed E-state index contributed by atoms with van der Waals surface area (Å²) in [5, 5.41) is 0.277. The van der Waals surface area contributed by atoms with E-state index in [1.165, 1.54) is 28.8 Å². The van der Waals surface area contributed by atoms with Gasteiger partial charge in [-0.25, -0.2) is 9.37 Å². The zero-order valence-electron chi connectivity index (χ0n) is 17.2. The summed E-state index contributed by atoms with van der Waals surface area (Å²) < 4.78 is 55.9. The van der Waals surface area contributed by atoms with Crippen LogP contribution < -0.4 is 11.1 Å². The van der Waals surface area contributed by atoms with Crippen molar-refractivity contribution in [2.24, 2.45) is 7.05 Å². The zero-order valence-corrected chi connectivity index (χ0v) is 18.0. The number of aromatic nitrogens is 3. The number of hydrogen-bond donors (Lipinski definition) is 0. The summed E-state index contributed by atoms with van der Waals surface area (Å²) in [5.41, 5.74) is -2.98. The lowest BCUT2D eigenvalue weighted by Crippen LogP contribution is -2.46. The van der Waals surface area contributed by atoms with Gasteiger partial charge in [-0.3, -0.25) is 19.0 Å². The summed E-state index contributed by atoms with van der Waals surface area (Å²) in [6.07, 6.45) is -3.10. The third kappa shape index (κ3) is 4.12. The van der Waals surface area contributed by atoms with Gasteiger partial charge in [0.2, 0.25) is 0 Å². The number of halogens is 5. The van der Waals surface area contributed by atoms with Crippen LogP contribution in [0.1, 0.15) is 34.8 Å². The van der Waals surface area contributed by atoms with Crippen LogP contribution in [-0.4, -0.2) is 38.0 Å². The van der Waals surface area contributed by atoms with Crippen molar-refractivity contribution in [3.8, 4) is 0 Å². The Morgan fingerprint density at radius 2 is 1.79 bits per heavy atom. The summed E-state index contributed by atoms with van der Waals surface area (Å²) in [7, 11) is 1.42. The first-order chi connectivity index (χ1) is 15.5. The molecule has 0 bridgehead atoms. The first-order valence-corrected chi connectivity index (χ1v) is 10.3. The van der Waals surface area contributed by atoms with E-state index in [1.54, 1.807) is 0 Å². The molecule has 0 saturated carbocycles. The number of hydrogen-bond acceptors (Lipinski definition) is 4. The molecule has 0 radical (unpaired) electrons. The largest absolute Gasteiger partial charge is 0.417 e. The topological polar surface area (TPSA) is 77.2 Å². The fourth-order valence-electron chi connectivity index (χ4n) is 4.08. The van der Waals surface area contributed by atoms with Crippen molar-refractivity contribution in [2.45, 2.75) is 25.1 Å². The predicted octanol–water partition coefficient (Wildman–Crippen LogP) is 3.38. The normalized spacial score (nSPS) is 15.3. The van der Waals surface area contributed by atoms with Crippen LogP contribution in [-0.2, 0) is 13.2 Å². The van der Waals surface area contributed by atoms with Crippen LogP contribution in [0.25, 0.3) is 11.2 Å². The van der Waals surface area contributed by atoms with Crippen molar-refractivity contribution in [2.75, 3.05) is 13.1 Å². The van der Waals surface area contributed by atoms with E-state index < -0.39 is 46.2 Å². The molecule has 3 heterocycles. The molecular formula is C21H17ClF4N4O3. The average molecular weight is 485 g/mol. The second kappa shape index (κ2) is 8.29. The Bertz CT molecular complexity index is 1370. The van der Waals surface area contributed by atoms with E-state index in [1.807, 2.05) is 0 Å². The van der Waals surface area contributed by atoms with E-state index in [0.717, 1.165) is 4.57 Å². The van der Waals surface area contributed by atoms with Crippen LogP contribution in [0.5, 0.6) is 0 Å². The highest BCUT2D eigenvalue weighted by Gasteiger charge is 2.37. The fraction of sp³-hybridized carbons (Fsp3) is 0.333. The number of fused-ring (bicyclic) bond motifs is 1. The molecule has 0 atom stereocenters. The molecule has 1 aliphatic rings. The molecular weight excluding hydrogens is 468 g/mol. The van der Waals surface area contributed by atoms with Gasteiger partial charge in [-0.15, -0.1) is 0 Å². The molecule has 0 aliphatic carbocycles. The minimum Gasteiger partial charge on any atom is -0.338 e. The van der Waals surface area contributed by atoms with Gasteiger partial charge in [-0.2, -0.15) is 13.2 Å². The quantitative estimate of drug-likeness (QED) is 0.413. The van der Waals surface area contributed by atoms with Crippen molar-refractivity contribution in [3.05, 3.63) is 73.1 Å². The molecule has 1 saturated heterocycles. The Labute approximate surface area is 188 Å². The van der Waals surface area contributed by atoms with Gasteiger partial charge >= 0.3 is 17.3 Å². The second-order valence-corrected chi connectivity index (χ2v) is 8.18. The number of nitrogens with zero attached hydrogens (tertiary/aromatic N) is 4. The molecule has 0 N–H and O–H groups in total. The number of amides is 1. The molecule has 1 fully saturated rings. The molecule has 7 nitrogen and oxygen atoms in total. The number of aryl methyl sites for hydroxylation is 1.